The predicted molar refractivity (Wildman–Crippen MR) is 88.7 cm³/mol. The number of hydrogen-bond donors (Lipinski definition) is 0. The molecule has 0 amide bonds. The highest BCUT2D eigenvalue weighted by Crippen LogP contribution is 2.48. The van der Waals surface area contributed by atoms with E-state index in [-0.39, 0.29) is 17.0 Å². The highest BCUT2D eigenvalue weighted by Gasteiger charge is 2.38. The smallest absolute Gasteiger partial charge is 0.130 e. The molecule has 0 spiro atoms. The van der Waals surface area contributed by atoms with Gasteiger partial charge in [0.2, 0.25) is 7.59 Å². The van der Waals surface area contributed by atoms with E-state index < -0.39 is 7.59 Å². The van der Waals surface area contributed by atoms with Gasteiger partial charge in [-0.3, -0.25) is 0 Å². The number of aromatic nitrogens is 3. The fourth-order valence-corrected chi connectivity index (χ4v) is 2.66. The van der Waals surface area contributed by atoms with Crippen LogP contribution >= 0.6 is 81.2 Å². The summed E-state index contributed by atoms with van der Waals surface area (Å²) in [7, 11) is 0. The third-order valence-electron chi connectivity index (χ3n) is 2.44. The number of benzene rings is 1. The van der Waals surface area contributed by atoms with Gasteiger partial charge >= 0.3 is 0 Å². The van der Waals surface area contributed by atoms with Crippen LogP contribution in [0.3, 0.4) is 0 Å². The molecule has 0 aliphatic rings. The Morgan fingerprint density at radius 3 is 1.67 bits per heavy atom. The van der Waals surface area contributed by atoms with Crippen LogP contribution in [0.2, 0.25) is 5.02 Å². The zero-order valence-electron chi connectivity index (χ0n) is 9.80. The van der Waals surface area contributed by atoms with E-state index in [1.54, 1.807) is 24.3 Å². The third-order valence-corrected chi connectivity index (χ3v) is 3.85. The minimum absolute atomic E-state index is 0.0306. The Hall–Kier alpha value is 0.260. The maximum atomic E-state index is 6.17. The Morgan fingerprint density at radius 2 is 1.24 bits per heavy atom. The molecular weight excluding hydrogens is 422 g/mol. The molecule has 10 heteroatoms. The van der Waals surface area contributed by atoms with Gasteiger partial charge in [0, 0.05) is 16.1 Å². The minimum atomic E-state index is -1.89. The number of nitrogens with zero attached hydrogens (tertiary/aromatic N) is 3. The van der Waals surface area contributed by atoms with E-state index >= 15 is 0 Å². The van der Waals surface area contributed by atoms with Crippen LogP contribution in [0, 0.1) is 0 Å². The van der Waals surface area contributed by atoms with Crippen LogP contribution in [0.5, 0.6) is 0 Å². The summed E-state index contributed by atoms with van der Waals surface area (Å²) in [6.45, 7) is 0. The van der Waals surface area contributed by atoms with Crippen molar-refractivity contribution < 1.29 is 0 Å². The van der Waals surface area contributed by atoms with Gasteiger partial charge in [0.15, 0.2) is 0 Å². The molecule has 0 aliphatic carbocycles. The molecule has 0 unspecified atom stereocenters. The van der Waals surface area contributed by atoms with E-state index in [9.17, 15) is 0 Å². The van der Waals surface area contributed by atoms with E-state index in [4.69, 9.17) is 81.2 Å². The van der Waals surface area contributed by atoms with Gasteiger partial charge in [0.1, 0.15) is 11.4 Å². The second-order valence-corrected chi connectivity index (χ2v) is 8.81. The van der Waals surface area contributed by atoms with Gasteiger partial charge in [-0.05, 0) is 11.3 Å². The summed E-state index contributed by atoms with van der Waals surface area (Å²) in [5.41, 5.74) is 0.619. The van der Waals surface area contributed by atoms with E-state index in [0.29, 0.717) is 10.6 Å². The first-order valence-corrected chi connectivity index (χ1v) is 7.89. The lowest BCUT2D eigenvalue weighted by Crippen LogP contribution is -2.16. The van der Waals surface area contributed by atoms with Crippen LogP contribution < -0.4 is 0 Å². The van der Waals surface area contributed by atoms with Crippen LogP contribution in [0.15, 0.2) is 24.3 Å². The molecule has 0 saturated carbocycles. The standard InChI is InChI=1S/C11H4Cl7N3/c12-6-4-2-1-3-5(6)7-8(10(13,14)15)19-21-20-9(7)11(16,17)18/h1-4H. The average molecular weight is 426 g/mol. The predicted octanol–water partition coefficient (Wildman–Crippen LogP) is 5.85. The number of halogens is 7. The fraction of sp³-hybridized carbons (Fsp3) is 0.182. The van der Waals surface area contributed by atoms with Crippen LogP contribution in [0.1, 0.15) is 11.4 Å². The van der Waals surface area contributed by atoms with Gasteiger partial charge in [-0.2, -0.15) is 0 Å². The molecule has 3 nitrogen and oxygen atoms in total. The molecule has 0 saturated heterocycles. The molecule has 0 aliphatic heterocycles. The van der Waals surface area contributed by atoms with Gasteiger partial charge < -0.3 is 0 Å². The Morgan fingerprint density at radius 1 is 0.762 bits per heavy atom. The molecule has 0 bridgehead atoms. The molecule has 0 atom stereocenters. The van der Waals surface area contributed by atoms with E-state index in [1.807, 2.05) is 0 Å². The summed E-state index contributed by atoms with van der Waals surface area (Å²) in [6.07, 6.45) is 0. The van der Waals surface area contributed by atoms with Crippen molar-refractivity contribution in [3.05, 3.63) is 40.7 Å². The molecular formula is C11H4Cl7N3. The first kappa shape index (κ1) is 17.6. The summed E-state index contributed by atoms with van der Waals surface area (Å²) >= 11 is 41.7. The van der Waals surface area contributed by atoms with Crippen molar-refractivity contribution in [3.63, 3.8) is 0 Å². The van der Waals surface area contributed by atoms with Crippen molar-refractivity contribution in [2.24, 2.45) is 0 Å². The highest BCUT2D eigenvalue weighted by atomic mass is 35.6. The van der Waals surface area contributed by atoms with Gasteiger partial charge in [-0.25, -0.2) is 0 Å². The van der Waals surface area contributed by atoms with Gasteiger partial charge in [-0.15, -0.1) is 10.2 Å². The molecule has 0 fully saturated rings. The first-order chi connectivity index (χ1) is 9.62. The third kappa shape index (κ3) is 3.97. The Kier molecular flexibility index (Phi) is 5.37. The van der Waals surface area contributed by atoms with Crippen LogP contribution in [0.25, 0.3) is 11.1 Å². The van der Waals surface area contributed by atoms with Crippen molar-refractivity contribution in [3.8, 4) is 11.1 Å². The summed E-state index contributed by atoms with van der Waals surface area (Å²) in [5, 5.41) is 11.3. The first-order valence-electron chi connectivity index (χ1n) is 5.25. The molecule has 1 aromatic carbocycles. The van der Waals surface area contributed by atoms with Gasteiger partial charge in [0.25, 0.3) is 0 Å². The lowest BCUT2D eigenvalue weighted by molar-refractivity contribution is 0.786. The average Bonchev–Trinajstić information content (AvgIpc) is 2.36. The monoisotopic (exact) mass is 423 g/mol. The van der Waals surface area contributed by atoms with Gasteiger partial charge in [-0.1, -0.05) is 99.4 Å². The molecule has 2 rings (SSSR count). The van der Waals surface area contributed by atoms with Crippen molar-refractivity contribution >= 4 is 81.2 Å². The molecule has 0 radical (unpaired) electrons. The van der Waals surface area contributed by atoms with E-state index in [0.717, 1.165) is 0 Å². The quantitative estimate of drug-likeness (QED) is 0.538. The Bertz CT molecular complexity index is 631. The normalized spacial score (nSPS) is 12.5. The van der Waals surface area contributed by atoms with Crippen LogP contribution in [0.4, 0.5) is 0 Å². The van der Waals surface area contributed by atoms with Gasteiger partial charge in [0.05, 0.1) is 0 Å². The second-order valence-electron chi connectivity index (χ2n) is 3.84. The van der Waals surface area contributed by atoms with Crippen molar-refractivity contribution in [1.29, 1.82) is 0 Å². The molecule has 1 aromatic heterocycles. The number of alkyl halides is 6. The Balaban J connectivity index is 2.87. The van der Waals surface area contributed by atoms with Crippen molar-refractivity contribution in [2.45, 2.75) is 7.59 Å². The van der Waals surface area contributed by atoms with E-state index in [1.165, 1.54) is 0 Å². The maximum absolute atomic E-state index is 6.17. The zero-order chi connectivity index (χ0) is 15.8. The largest absolute Gasteiger partial charge is 0.235 e. The van der Waals surface area contributed by atoms with Crippen molar-refractivity contribution in [2.75, 3.05) is 0 Å². The minimum Gasteiger partial charge on any atom is -0.130 e. The van der Waals surface area contributed by atoms with Crippen molar-refractivity contribution in [1.82, 2.24) is 15.4 Å². The summed E-state index contributed by atoms with van der Waals surface area (Å²) < 4.78 is -3.79. The number of rotatable bonds is 1. The van der Waals surface area contributed by atoms with E-state index in [2.05, 4.69) is 15.4 Å². The topological polar surface area (TPSA) is 38.7 Å². The zero-order valence-corrected chi connectivity index (χ0v) is 15.1. The highest BCUT2D eigenvalue weighted by molar-refractivity contribution is 6.68. The number of hydrogen-bond acceptors (Lipinski definition) is 3. The maximum Gasteiger partial charge on any atom is 0.235 e. The molecule has 0 N–H and O–H groups in total. The fourth-order valence-electron chi connectivity index (χ4n) is 1.64. The summed E-state index contributed by atoms with van der Waals surface area (Å²) in [5.74, 6) is 0. The lowest BCUT2D eigenvalue weighted by atomic mass is 10.0. The van der Waals surface area contributed by atoms with Crippen LogP contribution in [-0.4, -0.2) is 15.4 Å². The molecule has 112 valence electrons. The lowest BCUT2D eigenvalue weighted by Gasteiger charge is -2.20. The SMILES string of the molecule is Clc1ccccc1-c1c(C(Cl)(Cl)Cl)nnnc1C(Cl)(Cl)Cl. The van der Waals surface area contributed by atoms with Crippen LogP contribution in [-0.2, 0) is 7.59 Å². The molecule has 21 heavy (non-hydrogen) atoms. The molecule has 2 aromatic rings. The Labute approximate surface area is 155 Å². The second kappa shape index (κ2) is 6.40. The summed E-state index contributed by atoms with van der Waals surface area (Å²) in [6, 6.07) is 6.77. The molecule has 1 heterocycles. The summed E-state index contributed by atoms with van der Waals surface area (Å²) in [4.78, 5) is 0.